The Morgan fingerprint density at radius 3 is 1.97 bits per heavy atom. The van der Waals surface area contributed by atoms with Gasteiger partial charge in [-0.25, -0.2) is 0 Å². The Morgan fingerprint density at radius 2 is 1.34 bits per heavy atom. The standard InChI is InChI=1S/C19H12Cl4O5S/c20-10-5-8-16(25)13(9-10)19(29(26,27)28,11-3-1-2-4-15(11)24)12-6-7-14(21)18(23)17(12)22/h1-9,24-25H,(H,26,27,28). The summed E-state index contributed by atoms with van der Waals surface area (Å²) in [6.45, 7) is 0. The molecule has 0 amide bonds. The maximum Gasteiger partial charge on any atom is 0.283 e. The fourth-order valence-corrected chi connectivity index (χ4v) is 5.46. The third kappa shape index (κ3) is 3.54. The molecule has 3 rings (SSSR count). The summed E-state index contributed by atoms with van der Waals surface area (Å²) >= 11 is 24.5. The van der Waals surface area contributed by atoms with Crippen LogP contribution in [0.2, 0.25) is 20.1 Å². The lowest BCUT2D eigenvalue weighted by Crippen LogP contribution is -2.38. The van der Waals surface area contributed by atoms with Gasteiger partial charge in [-0.05, 0) is 30.3 Å². The zero-order valence-electron chi connectivity index (χ0n) is 14.3. The number of phenols is 2. The number of halogens is 4. The number of aromatic hydroxyl groups is 2. The van der Waals surface area contributed by atoms with Crippen LogP contribution in [0.5, 0.6) is 11.5 Å². The molecule has 3 aromatic rings. The van der Waals surface area contributed by atoms with Gasteiger partial charge in [0.25, 0.3) is 10.1 Å². The summed E-state index contributed by atoms with van der Waals surface area (Å²) in [4.78, 5) is 0. The minimum atomic E-state index is -5.16. The van der Waals surface area contributed by atoms with E-state index >= 15 is 0 Å². The first-order valence-electron chi connectivity index (χ1n) is 7.90. The van der Waals surface area contributed by atoms with Crippen molar-refractivity contribution in [2.75, 3.05) is 0 Å². The van der Waals surface area contributed by atoms with Crippen molar-refractivity contribution in [3.63, 3.8) is 0 Å². The summed E-state index contributed by atoms with van der Waals surface area (Å²) in [6.07, 6.45) is 0. The number of phenolic OH excluding ortho intramolecular Hbond substituents is 2. The van der Waals surface area contributed by atoms with Crippen LogP contribution in [0, 0.1) is 0 Å². The maximum absolute atomic E-state index is 13.0. The average Bonchev–Trinajstić information content (AvgIpc) is 2.65. The number of hydrogen-bond donors (Lipinski definition) is 3. The van der Waals surface area contributed by atoms with Gasteiger partial charge >= 0.3 is 0 Å². The van der Waals surface area contributed by atoms with Crippen LogP contribution in [0.4, 0.5) is 0 Å². The molecule has 3 aromatic carbocycles. The Hall–Kier alpha value is -1.67. The van der Waals surface area contributed by atoms with Gasteiger partial charge in [0, 0.05) is 21.7 Å². The Bertz CT molecular complexity index is 1210. The topological polar surface area (TPSA) is 94.8 Å². The molecule has 0 aliphatic rings. The molecular weight excluding hydrogens is 482 g/mol. The molecule has 0 bridgehead atoms. The summed E-state index contributed by atoms with van der Waals surface area (Å²) in [5.41, 5.74) is -0.857. The quantitative estimate of drug-likeness (QED) is 0.239. The average molecular weight is 494 g/mol. The van der Waals surface area contributed by atoms with Gasteiger partial charge in [0.1, 0.15) is 11.5 Å². The van der Waals surface area contributed by atoms with E-state index in [9.17, 15) is 23.2 Å². The first-order valence-corrected chi connectivity index (χ1v) is 10.9. The van der Waals surface area contributed by atoms with Gasteiger partial charge < -0.3 is 10.2 Å². The van der Waals surface area contributed by atoms with Gasteiger partial charge in [-0.1, -0.05) is 70.7 Å². The number of hydrogen-bond acceptors (Lipinski definition) is 4. The predicted molar refractivity (Wildman–Crippen MR) is 114 cm³/mol. The summed E-state index contributed by atoms with van der Waals surface area (Å²) in [6, 6.07) is 11.5. The molecule has 0 radical (unpaired) electrons. The summed E-state index contributed by atoms with van der Waals surface area (Å²) < 4.78 is 33.9. The Kier molecular flexibility index (Phi) is 5.98. The van der Waals surface area contributed by atoms with Gasteiger partial charge in [0.2, 0.25) is 0 Å². The van der Waals surface area contributed by atoms with Gasteiger partial charge in [-0.2, -0.15) is 8.42 Å². The van der Waals surface area contributed by atoms with Crippen molar-refractivity contribution in [1.82, 2.24) is 0 Å². The lowest BCUT2D eigenvalue weighted by Gasteiger charge is -2.34. The van der Waals surface area contributed by atoms with E-state index in [0.717, 1.165) is 12.1 Å². The van der Waals surface area contributed by atoms with Crippen LogP contribution in [0.15, 0.2) is 54.6 Å². The highest BCUT2D eigenvalue weighted by Gasteiger charge is 2.53. The van der Waals surface area contributed by atoms with Crippen molar-refractivity contribution < 1.29 is 23.2 Å². The van der Waals surface area contributed by atoms with E-state index in [1.54, 1.807) is 0 Å². The van der Waals surface area contributed by atoms with Crippen LogP contribution >= 0.6 is 46.4 Å². The van der Waals surface area contributed by atoms with Crippen molar-refractivity contribution in [2.45, 2.75) is 4.75 Å². The zero-order valence-corrected chi connectivity index (χ0v) is 18.1. The van der Waals surface area contributed by atoms with Gasteiger partial charge in [-0.15, -0.1) is 0 Å². The molecule has 0 aliphatic heterocycles. The molecule has 1 unspecified atom stereocenters. The lowest BCUT2D eigenvalue weighted by atomic mass is 9.83. The SMILES string of the molecule is O=S(=O)(O)C(c1ccccc1O)(c1cc(Cl)ccc1O)c1ccc(Cl)c(Cl)c1Cl. The molecule has 0 heterocycles. The zero-order chi connectivity index (χ0) is 21.6. The van der Waals surface area contributed by atoms with E-state index in [0.29, 0.717) is 0 Å². The number of para-hydroxylation sites is 1. The van der Waals surface area contributed by atoms with Gasteiger partial charge in [-0.3, -0.25) is 4.55 Å². The second kappa shape index (κ2) is 7.87. The minimum absolute atomic E-state index is 0.0391. The molecule has 0 aliphatic carbocycles. The molecule has 0 spiro atoms. The van der Waals surface area contributed by atoms with Crippen molar-refractivity contribution in [3.05, 3.63) is 91.4 Å². The van der Waals surface area contributed by atoms with Crippen molar-refractivity contribution >= 4 is 56.5 Å². The third-order valence-electron chi connectivity index (χ3n) is 4.42. The van der Waals surface area contributed by atoms with Crippen LogP contribution in [-0.4, -0.2) is 23.2 Å². The van der Waals surface area contributed by atoms with Crippen molar-refractivity contribution in [1.29, 1.82) is 0 Å². The fourth-order valence-electron chi connectivity index (χ4n) is 3.21. The second-order valence-electron chi connectivity index (χ2n) is 6.06. The number of rotatable bonds is 4. The van der Waals surface area contributed by atoms with E-state index in [2.05, 4.69) is 0 Å². The van der Waals surface area contributed by atoms with Crippen LogP contribution in [-0.2, 0) is 14.9 Å². The van der Waals surface area contributed by atoms with Crippen LogP contribution in [0.3, 0.4) is 0 Å². The highest BCUT2D eigenvalue weighted by atomic mass is 35.5. The molecule has 3 N–H and O–H groups in total. The first kappa shape index (κ1) is 22.0. The van der Waals surface area contributed by atoms with Crippen LogP contribution < -0.4 is 0 Å². The highest BCUT2D eigenvalue weighted by molar-refractivity contribution is 7.87. The van der Waals surface area contributed by atoms with E-state index in [-0.39, 0.29) is 36.8 Å². The first-order chi connectivity index (χ1) is 13.5. The van der Waals surface area contributed by atoms with Gasteiger partial charge in [0.15, 0.2) is 4.75 Å². The molecule has 152 valence electrons. The van der Waals surface area contributed by atoms with Gasteiger partial charge in [0.05, 0.1) is 15.1 Å². The third-order valence-corrected chi connectivity index (χ3v) is 7.38. The highest BCUT2D eigenvalue weighted by Crippen LogP contribution is 2.53. The lowest BCUT2D eigenvalue weighted by molar-refractivity contribution is 0.428. The van der Waals surface area contributed by atoms with E-state index < -0.39 is 26.4 Å². The molecule has 0 aromatic heterocycles. The van der Waals surface area contributed by atoms with Crippen LogP contribution in [0.25, 0.3) is 0 Å². The minimum Gasteiger partial charge on any atom is -0.508 e. The summed E-state index contributed by atoms with van der Waals surface area (Å²) in [7, 11) is -5.16. The largest absolute Gasteiger partial charge is 0.508 e. The van der Waals surface area contributed by atoms with E-state index in [4.69, 9.17) is 46.4 Å². The van der Waals surface area contributed by atoms with E-state index in [1.807, 2.05) is 0 Å². The monoisotopic (exact) mass is 492 g/mol. The maximum atomic E-state index is 13.0. The fraction of sp³-hybridized carbons (Fsp3) is 0.0526. The molecule has 5 nitrogen and oxygen atoms in total. The second-order valence-corrected chi connectivity index (χ2v) is 9.22. The molecule has 0 saturated carbocycles. The Morgan fingerprint density at radius 1 is 0.724 bits per heavy atom. The predicted octanol–water partition coefficient (Wildman–Crippen LogP) is 5.89. The number of benzene rings is 3. The Balaban J connectivity index is 2.66. The molecule has 1 atom stereocenters. The van der Waals surface area contributed by atoms with Crippen molar-refractivity contribution in [3.8, 4) is 11.5 Å². The summed E-state index contributed by atoms with van der Waals surface area (Å²) in [5.74, 6) is -0.996. The van der Waals surface area contributed by atoms with E-state index in [1.165, 1.54) is 42.5 Å². The molecule has 10 heteroatoms. The molecule has 29 heavy (non-hydrogen) atoms. The summed E-state index contributed by atoms with van der Waals surface area (Å²) in [5, 5.41) is 20.7. The normalized spacial score (nSPS) is 13.8. The van der Waals surface area contributed by atoms with Crippen molar-refractivity contribution in [2.24, 2.45) is 0 Å². The molecule has 0 fully saturated rings. The molecule has 0 saturated heterocycles. The molecular formula is C19H12Cl4O5S. The smallest absolute Gasteiger partial charge is 0.283 e. The Labute approximate surface area is 186 Å². The van der Waals surface area contributed by atoms with Crippen LogP contribution in [0.1, 0.15) is 16.7 Å².